The molecule has 132 valence electrons. The van der Waals surface area contributed by atoms with Crippen LogP contribution in [0.5, 0.6) is 0 Å². The third kappa shape index (κ3) is 3.82. The second kappa shape index (κ2) is 7.68. The van der Waals surface area contributed by atoms with Gasteiger partial charge in [-0.15, -0.1) is 0 Å². The Balaban J connectivity index is 1.69. The summed E-state index contributed by atoms with van der Waals surface area (Å²) in [6.07, 6.45) is 2.41. The van der Waals surface area contributed by atoms with E-state index in [0.717, 1.165) is 55.4 Å². The first-order valence-corrected chi connectivity index (χ1v) is 9.04. The van der Waals surface area contributed by atoms with Crippen molar-refractivity contribution in [1.29, 1.82) is 0 Å². The molecule has 0 amide bonds. The highest BCUT2D eigenvalue weighted by atomic mass is 35.5. The van der Waals surface area contributed by atoms with Crippen molar-refractivity contribution in [3.05, 3.63) is 22.5 Å². The van der Waals surface area contributed by atoms with E-state index in [1.165, 1.54) is 12.8 Å². The van der Waals surface area contributed by atoms with Gasteiger partial charge < -0.3 is 9.84 Å². The molecule has 1 aliphatic heterocycles. The third-order valence-electron chi connectivity index (χ3n) is 4.55. The normalized spacial score (nSPS) is 18.6. The van der Waals surface area contributed by atoms with Crippen molar-refractivity contribution in [2.75, 3.05) is 26.2 Å². The van der Waals surface area contributed by atoms with Crippen LogP contribution >= 0.6 is 11.6 Å². The Morgan fingerprint density at radius 3 is 3.00 bits per heavy atom. The van der Waals surface area contributed by atoms with Crippen molar-refractivity contribution in [3.8, 4) is 11.4 Å². The van der Waals surface area contributed by atoms with E-state index >= 15 is 0 Å². The molecule has 7 heteroatoms. The monoisotopic (exact) mass is 351 g/mol. The van der Waals surface area contributed by atoms with Crippen molar-refractivity contribution < 1.29 is 4.52 Å². The van der Waals surface area contributed by atoms with Crippen LogP contribution in [0.15, 0.2) is 10.6 Å². The Morgan fingerprint density at radius 2 is 2.29 bits per heavy atom. The second-order valence-corrected chi connectivity index (χ2v) is 7.02. The molecule has 0 spiro atoms. The van der Waals surface area contributed by atoms with Gasteiger partial charge in [0.1, 0.15) is 22.3 Å². The van der Waals surface area contributed by atoms with Gasteiger partial charge in [-0.1, -0.05) is 23.7 Å². The van der Waals surface area contributed by atoms with E-state index in [0.29, 0.717) is 11.1 Å². The zero-order valence-electron chi connectivity index (χ0n) is 14.7. The minimum Gasteiger partial charge on any atom is -0.361 e. The van der Waals surface area contributed by atoms with Gasteiger partial charge in [0.05, 0.1) is 0 Å². The van der Waals surface area contributed by atoms with Crippen LogP contribution in [-0.2, 0) is 13.6 Å². The lowest BCUT2D eigenvalue weighted by Crippen LogP contribution is -2.26. The molecule has 1 atom stereocenters. The lowest BCUT2D eigenvalue weighted by molar-refractivity contribution is 0.314. The summed E-state index contributed by atoms with van der Waals surface area (Å²) in [5, 5.41) is 12.8. The highest BCUT2D eigenvalue weighted by Crippen LogP contribution is 2.30. The van der Waals surface area contributed by atoms with Crippen molar-refractivity contribution in [3.63, 3.8) is 0 Å². The number of aryl methyl sites for hydroxylation is 2. The van der Waals surface area contributed by atoms with E-state index in [2.05, 4.69) is 27.4 Å². The number of hydrogen-bond acceptors (Lipinski definition) is 5. The van der Waals surface area contributed by atoms with Crippen LogP contribution in [0.3, 0.4) is 0 Å². The van der Waals surface area contributed by atoms with Gasteiger partial charge >= 0.3 is 0 Å². The lowest BCUT2D eigenvalue weighted by atomic mass is 10.1. The minimum atomic E-state index is 0.679. The molecular formula is C17H26ClN5O. The third-order valence-corrected chi connectivity index (χ3v) is 5.02. The van der Waals surface area contributed by atoms with Gasteiger partial charge in [0.25, 0.3) is 0 Å². The number of nitrogens with zero attached hydrogens (tertiary/aromatic N) is 4. The summed E-state index contributed by atoms with van der Waals surface area (Å²) in [5.41, 5.74) is 2.62. The maximum atomic E-state index is 6.49. The molecule has 6 nitrogen and oxygen atoms in total. The molecule has 1 unspecified atom stereocenters. The Hall–Kier alpha value is -1.37. The summed E-state index contributed by atoms with van der Waals surface area (Å²) < 4.78 is 6.92. The van der Waals surface area contributed by atoms with Crippen LogP contribution < -0.4 is 5.32 Å². The van der Waals surface area contributed by atoms with E-state index in [1.807, 2.05) is 20.0 Å². The molecule has 0 saturated carbocycles. The van der Waals surface area contributed by atoms with Crippen LogP contribution in [0.1, 0.15) is 31.1 Å². The highest BCUT2D eigenvalue weighted by Gasteiger charge is 2.26. The Morgan fingerprint density at radius 1 is 1.46 bits per heavy atom. The molecule has 2 aromatic heterocycles. The van der Waals surface area contributed by atoms with Crippen LogP contribution in [-0.4, -0.2) is 46.0 Å². The molecule has 3 heterocycles. The molecule has 0 bridgehead atoms. The van der Waals surface area contributed by atoms with E-state index in [1.54, 1.807) is 4.68 Å². The van der Waals surface area contributed by atoms with Crippen LogP contribution in [0.25, 0.3) is 11.4 Å². The fourth-order valence-electron chi connectivity index (χ4n) is 3.30. The summed E-state index contributed by atoms with van der Waals surface area (Å²) in [4.78, 5) is 2.46. The maximum absolute atomic E-state index is 6.49. The SMILES string of the molecule is CCCNCC1CCN(Cc2c(-c3cc(C)on3)nn(C)c2Cl)C1. The number of nitrogens with one attached hydrogen (secondary N) is 1. The van der Waals surface area contributed by atoms with E-state index in [9.17, 15) is 0 Å². The van der Waals surface area contributed by atoms with E-state index in [-0.39, 0.29) is 0 Å². The molecule has 1 N–H and O–H groups in total. The number of rotatable bonds is 7. The first-order chi connectivity index (χ1) is 11.6. The molecule has 2 aromatic rings. The summed E-state index contributed by atoms with van der Waals surface area (Å²) in [6.45, 7) is 9.28. The van der Waals surface area contributed by atoms with Gasteiger partial charge in [-0.25, -0.2) is 0 Å². The van der Waals surface area contributed by atoms with E-state index in [4.69, 9.17) is 16.1 Å². The minimum absolute atomic E-state index is 0.679. The van der Waals surface area contributed by atoms with Gasteiger partial charge in [0, 0.05) is 31.8 Å². The van der Waals surface area contributed by atoms with Crippen molar-refractivity contribution >= 4 is 11.6 Å². The average molecular weight is 352 g/mol. The lowest BCUT2D eigenvalue weighted by Gasteiger charge is -2.16. The predicted octanol–water partition coefficient (Wildman–Crippen LogP) is 2.86. The molecule has 24 heavy (non-hydrogen) atoms. The van der Waals surface area contributed by atoms with Gasteiger partial charge in [0.2, 0.25) is 0 Å². The highest BCUT2D eigenvalue weighted by molar-refractivity contribution is 6.30. The topological polar surface area (TPSA) is 59.1 Å². The molecule has 1 fully saturated rings. The fraction of sp³-hybridized carbons (Fsp3) is 0.647. The predicted molar refractivity (Wildman–Crippen MR) is 95.0 cm³/mol. The van der Waals surface area contributed by atoms with Crippen molar-refractivity contribution in [2.24, 2.45) is 13.0 Å². The first kappa shape index (κ1) is 17.5. The Kier molecular flexibility index (Phi) is 5.58. The second-order valence-electron chi connectivity index (χ2n) is 6.66. The zero-order chi connectivity index (χ0) is 17.1. The Bertz CT molecular complexity index is 681. The summed E-state index contributed by atoms with van der Waals surface area (Å²) in [6, 6.07) is 1.91. The van der Waals surface area contributed by atoms with E-state index < -0.39 is 0 Å². The maximum Gasteiger partial charge on any atom is 0.134 e. The van der Waals surface area contributed by atoms with Crippen molar-refractivity contribution in [1.82, 2.24) is 25.2 Å². The number of likely N-dealkylation sites (tertiary alicyclic amines) is 1. The van der Waals surface area contributed by atoms with Crippen molar-refractivity contribution in [2.45, 2.75) is 33.2 Å². The fourth-order valence-corrected chi connectivity index (χ4v) is 3.49. The summed E-state index contributed by atoms with van der Waals surface area (Å²) in [7, 11) is 1.86. The molecule has 0 radical (unpaired) electrons. The summed E-state index contributed by atoms with van der Waals surface area (Å²) >= 11 is 6.49. The molecule has 0 aliphatic carbocycles. The summed E-state index contributed by atoms with van der Waals surface area (Å²) in [5.74, 6) is 1.49. The standard InChI is InChI=1S/C17H26ClN5O/c1-4-6-19-9-13-5-7-23(10-13)11-14-16(20-22(3)17(14)18)15-8-12(2)24-21-15/h8,13,19H,4-7,9-11H2,1-3H3. The smallest absolute Gasteiger partial charge is 0.134 e. The van der Waals surface area contributed by atoms with Gasteiger partial charge in [-0.05, 0) is 45.3 Å². The van der Waals surface area contributed by atoms with Gasteiger partial charge in [-0.2, -0.15) is 5.10 Å². The first-order valence-electron chi connectivity index (χ1n) is 8.66. The zero-order valence-corrected chi connectivity index (χ0v) is 15.4. The average Bonchev–Trinajstić information content (AvgIpc) is 3.24. The molecule has 0 aromatic carbocycles. The number of hydrogen-bond donors (Lipinski definition) is 1. The van der Waals surface area contributed by atoms with Crippen LogP contribution in [0, 0.1) is 12.8 Å². The largest absolute Gasteiger partial charge is 0.361 e. The van der Waals surface area contributed by atoms with Gasteiger partial charge in [0.15, 0.2) is 0 Å². The Labute approximate surface area is 148 Å². The molecule has 1 aliphatic rings. The van der Waals surface area contributed by atoms with Gasteiger partial charge in [-0.3, -0.25) is 9.58 Å². The quantitative estimate of drug-likeness (QED) is 0.777. The molecule has 1 saturated heterocycles. The molecular weight excluding hydrogens is 326 g/mol. The number of halogens is 1. The van der Waals surface area contributed by atoms with Crippen LogP contribution in [0.2, 0.25) is 5.15 Å². The molecule has 3 rings (SSSR count). The van der Waals surface area contributed by atoms with Crippen LogP contribution in [0.4, 0.5) is 0 Å². The number of aromatic nitrogens is 3.